The molecule has 1 aliphatic heterocycles. The molecule has 2 fully saturated rings. The summed E-state index contributed by atoms with van der Waals surface area (Å²) in [5.74, 6) is 0. The maximum Gasteiger partial charge on any atom is 0.414 e. The van der Waals surface area contributed by atoms with E-state index in [0.717, 1.165) is 24.1 Å². The molecule has 0 aromatic heterocycles. The first kappa shape index (κ1) is 15.9. The second kappa shape index (κ2) is 6.24. The molecule has 7 heteroatoms. The van der Waals surface area contributed by atoms with Crippen LogP contribution in [-0.2, 0) is 14.9 Å². The molecule has 1 aromatic carbocycles. The summed E-state index contributed by atoms with van der Waals surface area (Å²) >= 11 is 0. The van der Waals surface area contributed by atoms with E-state index in [1.807, 2.05) is 24.3 Å². The van der Waals surface area contributed by atoms with Crippen molar-refractivity contribution in [1.82, 2.24) is 5.32 Å². The third kappa shape index (κ3) is 3.04. The van der Waals surface area contributed by atoms with Crippen LogP contribution in [0.1, 0.15) is 18.4 Å². The molecular formula is C17H18N4O3. The number of aldehydes is 1. The van der Waals surface area contributed by atoms with Crippen molar-refractivity contribution in [3.63, 3.8) is 0 Å². The van der Waals surface area contributed by atoms with Crippen molar-refractivity contribution >= 4 is 18.1 Å². The van der Waals surface area contributed by atoms with Crippen LogP contribution in [0.2, 0.25) is 0 Å². The van der Waals surface area contributed by atoms with Gasteiger partial charge in [-0.15, -0.1) is 0 Å². The average molecular weight is 326 g/mol. The lowest BCUT2D eigenvalue weighted by Gasteiger charge is -2.14. The number of nitriles is 1. The SMILES string of the molecule is N#CC1(c2ccc(N3CC(CN/C=C(\N)C=O)OC3=O)cc2)CC1. The monoisotopic (exact) mass is 326 g/mol. The van der Waals surface area contributed by atoms with Gasteiger partial charge >= 0.3 is 6.09 Å². The summed E-state index contributed by atoms with van der Waals surface area (Å²) in [6.45, 7) is 0.774. The summed E-state index contributed by atoms with van der Waals surface area (Å²) in [5, 5.41) is 12.1. The molecule has 124 valence electrons. The number of anilines is 1. The van der Waals surface area contributed by atoms with Crippen LogP contribution >= 0.6 is 0 Å². The summed E-state index contributed by atoms with van der Waals surface area (Å²) in [4.78, 5) is 24.0. The summed E-state index contributed by atoms with van der Waals surface area (Å²) < 4.78 is 5.29. The molecule has 2 aliphatic rings. The van der Waals surface area contributed by atoms with E-state index in [1.165, 1.54) is 6.20 Å². The van der Waals surface area contributed by atoms with E-state index in [2.05, 4.69) is 11.4 Å². The molecule has 7 nitrogen and oxygen atoms in total. The van der Waals surface area contributed by atoms with Crippen molar-refractivity contribution < 1.29 is 14.3 Å². The molecule has 1 saturated carbocycles. The molecule has 3 N–H and O–H groups in total. The highest BCUT2D eigenvalue weighted by Crippen LogP contribution is 2.47. The van der Waals surface area contributed by atoms with Gasteiger partial charge in [-0.25, -0.2) is 4.79 Å². The lowest BCUT2D eigenvalue weighted by molar-refractivity contribution is -0.105. The number of ether oxygens (including phenoxy) is 1. The van der Waals surface area contributed by atoms with E-state index < -0.39 is 6.09 Å². The van der Waals surface area contributed by atoms with Crippen LogP contribution in [0.3, 0.4) is 0 Å². The number of hydrogen-bond acceptors (Lipinski definition) is 6. The minimum atomic E-state index is -0.414. The van der Waals surface area contributed by atoms with E-state index in [9.17, 15) is 14.9 Å². The van der Waals surface area contributed by atoms with Crippen molar-refractivity contribution in [2.24, 2.45) is 5.73 Å². The molecule has 1 unspecified atom stereocenters. The van der Waals surface area contributed by atoms with E-state index in [1.54, 1.807) is 4.90 Å². The van der Waals surface area contributed by atoms with Crippen LogP contribution in [0.5, 0.6) is 0 Å². The molecular weight excluding hydrogens is 308 g/mol. The first-order valence-electron chi connectivity index (χ1n) is 7.72. The van der Waals surface area contributed by atoms with Crippen LogP contribution in [0, 0.1) is 11.3 Å². The van der Waals surface area contributed by atoms with Crippen molar-refractivity contribution in [2.75, 3.05) is 18.0 Å². The number of rotatable bonds is 6. The number of benzene rings is 1. The first-order valence-corrected chi connectivity index (χ1v) is 7.72. The summed E-state index contributed by atoms with van der Waals surface area (Å²) in [6.07, 6.45) is 2.95. The lowest BCUT2D eigenvalue weighted by Crippen LogP contribution is -2.29. The van der Waals surface area contributed by atoms with Crippen LogP contribution in [0.25, 0.3) is 0 Å². The second-order valence-electron chi connectivity index (χ2n) is 6.03. The molecule has 1 heterocycles. The Kier molecular flexibility index (Phi) is 4.13. The van der Waals surface area contributed by atoms with Crippen molar-refractivity contribution in [3.8, 4) is 6.07 Å². The van der Waals surface area contributed by atoms with Gasteiger partial charge in [0.1, 0.15) is 6.10 Å². The highest BCUT2D eigenvalue weighted by Gasteiger charge is 2.44. The number of nitrogens with one attached hydrogen (secondary N) is 1. The van der Waals surface area contributed by atoms with E-state index in [-0.39, 0.29) is 17.2 Å². The predicted molar refractivity (Wildman–Crippen MR) is 86.9 cm³/mol. The van der Waals surface area contributed by atoms with Gasteiger partial charge in [0.05, 0.1) is 30.3 Å². The van der Waals surface area contributed by atoms with Crippen molar-refractivity contribution in [3.05, 3.63) is 41.7 Å². The van der Waals surface area contributed by atoms with Gasteiger partial charge in [-0.3, -0.25) is 9.69 Å². The zero-order valence-electron chi connectivity index (χ0n) is 13.1. The van der Waals surface area contributed by atoms with E-state index in [0.29, 0.717) is 19.4 Å². The number of amides is 1. The minimum absolute atomic E-state index is 0.0817. The Labute approximate surface area is 139 Å². The van der Waals surface area contributed by atoms with E-state index in [4.69, 9.17) is 10.5 Å². The fourth-order valence-corrected chi connectivity index (χ4v) is 2.73. The highest BCUT2D eigenvalue weighted by molar-refractivity contribution is 5.89. The lowest BCUT2D eigenvalue weighted by atomic mass is 9.97. The molecule has 0 bridgehead atoms. The van der Waals surface area contributed by atoms with Crippen molar-refractivity contribution in [2.45, 2.75) is 24.4 Å². The third-order valence-electron chi connectivity index (χ3n) is 4.32. The van der Waals surface area contributed by atoms with Crippen LogP contribution in [0.15, 0.2) is 36.2 Å². The Balaban J connectivity index is 1.62. The maximum absolute atomic E-state index is 12.0. The standard InChI is InChI=1S/C17H18N4O3/c18-11-17(5-6-17)12-1-3-14(4-2-12)21-9-15(24-16(21)23)8-20-7-13(19)10-22/h1-4,7,10,15,20H,5-6,8-9,19H2/b13-7-. The largest absolute Gasteiger partial charge is 0.442 e. The van der Waals surface area contributed by atoms with Crippen LogP contribution in [-0.4, -0.2) is 31.6 Å². The van der Waals surface area contributed by atoms with Gasteiger partial charge < -0.3 is 15.8 Å². The van der Waals surface area contributed by atoms with Gasteiger partial charge in [0, 0.05) is 11.9 Å². The Hall–Kier alpha value is -3.01. The predicted octanol–water partition coefficient (Wildman–Crippen LogP) is 1.16. The molecule has 1 aromatic rings. The normalized spacial score (nSPS) is 21.8. The molecule has 3 rings (SSSR count). The Bertz CT molecular complexity index is 716. The zero-order chi connectivity index (χ0) is 17.2. The number of cyclic esters (lactones) is 1. The van der Waals surface area contributed by atoms with E-state index >= 15 is 0 Å². The minimum Gasteiger partial charge on any atom is -0.442 e. The number of hydrogen-bond donors (Lipinski definition) is 2. The van der Waals surface area contributed by atoms with Gasteiger partial charge in [-0.1, -0.05) is 12.1 Å². The summed E-state index contributed by atoms with van der Waals surface area (Å²) in [7, 11) is 0. The number of nitrogens with two attached hydrogens (primary N) is 1. The average Bonchev–Trinajstić information content (AvgIpc) is 3.32. The summed E-state index contributed by atoms with van der Waals surface area (Å²) in [5.41, 5.74) is 6.84. The fourth-order valence-electron chi connectivity index (χ4n) is 2.73. The molecule has 24 heavy (non-hydrogen) atoms. The quantitative estimate of drug-likeness (QED) is 0.600. The fraction of sp³-hybridized carbons (Fsp3) is 0.353. The maximum atomic E-state index is 12.0. The van der Waals surface area contributed by atoms with Crippen LogP contribution < -0.4 is 16.0 Å². The van der Waals surface area contributed by atoms with Gasteiger partial charge in [0.2, 0.25) is 0 Å². The Morgan fingerprint density at radius 3 is 2.75 bits per heavy atom. The van der Waals surface area contributed by atoms with Gasteiger partial charge in [0.15, 0.2) is 6.29 Å². The topological polar surface area (TPSA) is 108 Å². The van der Waals surface area contributed by atoms with Crippen LogP contribution in [0.4, 0.5) is 10.5 Å². The first-order chi connectivity index (χ1) is 11.6. The molecule has 1 amide bonds. The smallest absolute Gasteiger partial charge is 0.414 e. The Morgan fingerprint density at radius 1 is 1.46 bits per heavy atom. The molecule has 1 aliphatic carbocycles. The molecule has 1 atom stereocenters. The van der Waals surface area contributed by atoms with Gasteiger partial charge in [-0.2, -0.15) is 5.26 Å². The molecule has 1 saturated heterocycles. The highest BCUT2D eigenvalue weighted by atomic mass is 16.6. The zero-order valence-corrected chi connectivity index (χ0v) is 13.1. The number of carbonyl (C=O) groups excluding carboxylic acids is 2. The molecule has 0 radical (unpaired) electrons. The number of nitrogens with zero attached hydrogens (tertiary/aromatic N) is 2. The number of allylic oxidation sites excluding steroid dienone is 1. The van der Waals surface area contributed by atoms with Crippen molar-refractivity contribution in [1.29, 1.82) is 5.26 Å². The van der Waals surface area contributed by atoms with Gasteiger partial charge in [-0.05, 0) is 30.5 Å². The Morgan fingerprint density at radius 2 is 2.17 bits per heavy atom. The second-order valence-corrected chi connectivity index (χ2v) is 6.03. The van der Waals surface area contributed by atoms with Gasteiger partial charge in [0.25, 0.3) is 0 Å². The third-order valence-corrected chi connectivity index (χ3v) is 4.32. The number of carbonyl (C=O) groups is 2. The molecule has 0 spiro atoms. The summed E-state index contributed by atoms with van der Waals surface area (Å²) in [6, 6.07) is 9.84.